The highest BCUT2D eigenvalue weighted by molar-refractivity contribution is 5.79. The molecule has 4 rings (SSSR count). The Morgan fingerprint density at radius 2 is 1.61 bits per heavy atom. The Morgan fingerprint density at radius 3 is 2.48 bits per heavy atom. The van der Waals surface area contributed by atoms with Crippen molar-refractivity contribution in [1.82, 2.24) is 19.9 Å². The normalized spacial score (nSPS) is 10.8. The molecule has 0 aliphatic heterocycles. The molecule has 0 aliphatic rings. The molecule has 0 unspecified atom stereocenters. The largest absolute Gasteiger partial charge is 0.306 e. The Kier molecular flexibility index (Phi) is 3.16. The van der Waals surface area contributed by atoms with E-state index in [0.717, 1.165) is 11.1 Å². The predicted molar refractivity (Wildman–Crippen MR) is 88.8 cm³/mol. The van der Waals surface area contributed by atoms with E-state index in [9.17, 15) is 4.79 Å². The third-order valence-electron chi connectivity index (χ3n) is 3.57. The first-order chi connectivity index (χ1) is 11.3. The van der Waals surface area contributed by atoms with Crippen molar-refractivity contribution in [2.75, 3.05) is 0 Å². The number of hydrogen-bond donors (Lipinski definition) is 1. The first kappa shape index (κ1) is 13.3. The molecule has 1 N–H and O–H groups in total. The summed E-state index contributed by atoms with van der Waals surface area (Å²) in [6.45, 7) is 0. The number of aromatic amines is 1. The molecule has 0 radical (unpaired) electrons. The van der Waals surface area contributed by atoms with Crippen LogP contribution in [0.4, 0.5) is 0 Å². The summed E-state index contributed by atoms with van der Waals surface area (Å²) in [7, 11) is 0. The third-order valence-corrected chi connectivity index (χ3v) is 3.57. The van der Waals surface area contributed by atoms with Crippen LogP contribution in [-0.4, -0.2) is 19.9 Å². The first-order valence-electron chi connectivity index (χ1n) is 7.18. The van der Waals surface area contributed by atoms with Gasteiger partial charge in [-0.25, -0.2) is 15.0 Å². The van der Waals surface area contributed by atoms with Crippen molar-refractivity contribution in [3.63, 3.8) is 0 Å². The first-order valence-corrected chi connectivity index (χ1v) is 7.18. The van der Waals surface area contributed by atoms with Gasteiger partial charge in [-0.1, -0.05) is 30.3 Å². The molecule has 110 valence electrons. The molecule has 0 bridgehead atoms. The Hall–Kier alpha value is -3.34. The molecule has 2 aromatic carbocycles. The lowest BCUT2D eigenvalue weighted by molar-refractivity contribution is 1.16. The summed E-state index contributed by atoms with van der Waals surface area (Å²) >= 11 is 0. The van der Waals surface area contributed by atoms with Gasteiger partial charge in [0.2, 0.25) is 0 Å². The van der Waals surface area contributed by atoms with Crippen molar-refractivity contribution in [2.24, 2.45) is 0 Å². The number of nitrogens with zero attached hydrogens (tertiary/aromatic N) is 3. The molecule has 5 heteroatoms. The van der Waals surface area contributed by atoms with E-state index >= 15 is 0 Å². The lowest BCUT2D eigenvalue weighted by Gasteiger charge is -2.05. The third kappa shape index (κ3) is 2.48. The van der Waals surface area contributed by atoms with Crippen LogP contribution in [0.2, 0.25) is 0 Å². The highest BCUT2D eigenvalue weighted by Crippen LogP contribution is 2.22. The molecular formula is C18H12N4O. The van der Waals surface area contributed by atoms with E-state index in [1.807, 2.05) is 42.5 Å². The summed E-state index contributed by atoms with van der Waals surface area (Å²) in [4.78, 5) is 28.1. The van der Waals surface area contributed by atoms with E-state index in [4.69, 9.17) is 0 Å². The predicted octanol–water partition coefficient (Wildman–Crippen LogP) is 3.05. The van der Waals surface area contributed by atoms with E-state index in [0.29, 0.717) is 22.6 Å². The van der Waals surface area contributed by atoms with Crippen LogP contribution in [0.5, 0.6) is 0 Å². The summed E-state index contributed by atoms with van der Waals surface area (Å²) in [5.41, 5.74) is 2.22. The van der Waals surface area contributed by atoms with Crippen LogP contribution in [-0.2, 0) is 0 Å². The van der Waals surface area contributed by atoms with Gasteiger partial charge in [0.15, 0.2) is 5.82 Å². The summed E-state index contributed by atoms with van der Waals surface area (Å²) in [5.74, 6) is 1.17. The van der Waals surface area contributed by atoms with Crippen molar-refractivity contribution >= 4 is 10.9 Å². The highest BCUT2D eigenvalue weighted by Gasteiger charge is 2.07. The highest BCUT2D eigenvalue weighted by atomic mass is 16.1. The second kappa shape index (κ2) is 5.46. The number of H-pyrrole nitrogens is 1. The van der Waals surface area contributed by atoms with Gasteiger partial charge >= 0.3 is 0 Å². The van der Waals surface area contributed by atoms with Gasteiger partial charge in [0.05, 0.1) is 10.9 Å². The zero-order valence-corrected chi connectivity index (χ0v) is 12.1. The van der Waals surface area contributed by atoms with Crippen LogP contribution in [0.15, 0.2) is 71.8 Å². The quantitative estimate of drug-likeness (QED) is 0.617. The maximum Gasteiger partial charge on any atom is 0.259 e. The molecule has 0 aliphatic carbocycles. The molecule has 2 aromatic heterocycles. The molecular weight excluding hydrogens is 288 g/mol. The second-order valence-corrected chi connectivity index (χ2v) is 5.08. The molecule has 5 nitrogen and oxygen atoms in total. The molecule has 0 saturated heterocycles. The second-order valence-electron chi connectivity index (χ2n) is 5.08. The van der Waals surface area contributed by atoms with Crippen LogP contribution >= 0.6 is 0 Å². The van der Waals surface area contributed by atoms with Crippen molar-refractivity contribution in [1.29, 1.82) is 0 Å². The van der Waals surface area contributed by atoms with Gasteiger partial charge in [-0.15, -0.1) is 0 Å². The summed E-state index contributed by atoms with van der Waals surface area (Å²) in [6.07, 6.45) is 3.40. The SMILES string of the molecule is O=c1[nH]c(-c2cccc(-c3ncccn3)c2)nc2ccccc12. The number of para-hydroxylation sites is 1. The fourth-order valence-electron chi connectivity index (χ4n) is 2.48. The number of fused-ring (bicyclic) bond motifs is 1. The molecule has 0 spiro atoms. The fourth-order valence-corrected chi connectivity index (χ4v) is 2.48. The number of nitrogens with one attached hydrogen (secondary N) is 1. The minimum atomic E-state index is -0.146. The summed E-state index contributed by atoms with van der Waals surface area (Å²) in [6, 6.07) is 16.7. The zero-order chi connectivity index (χ0) is 15.6. The number of hydrogen-bond acceptors (Lipinski definition) is 4. The van der Waals surface area contributed by atoms with Crippen LogP contribution in [0.25, 0.3) is 33.7 Å². The summed E-state index contributed by atoms with van der Waals surface area (Å²) in [5, 5.41) is 0.582. The van der Waals surface area contributed by atoms with Gasteiger partial charge in [0.25, 0.3) is 5.56 Å². The smallest absolute Gasteiger partial charge is 0.259 e. The van der Waals surface area contributed by atoms with Crippen LogP contribution in [0.3, 0.4) is 0 Å². The van der Waals surface area contributed by atoms with Crippen molar-refractivity contribution in [2.45, 2.75) is 0 Å². The van der Waals surface area contributed by atoms with Crippen molar-refractivity contribution in [3.8, 4) is 22.8 Å². The maximum atomic E-state index is 12.2. The Labute approximate surface area is 131 Å². The van der Waals surface area contributed by atoms with E-state index in [2.05, 4.69) is 19.9 Å². The molecule has 0 atom stereocenters. The average Bonchev–Trinajstić information content (AvgIpc) is 2.62. The van der Waals surface area contributed by atoms with Crippen molar-refractivity contribution in [3.05, 3.63) is 77.3 Å². The van der Waals surface area contributed by atoms with Gasteiger partial charge in [-0.3, -0.25) is 4.79 Å². The Balaban J connectivity index is 1.87. The van der Waals surface area contributed by atoms with Gasteiger partial charge in [-0.05, 0) is 24.3 Å². The average molecular weight is 300 g/mol. The number of aromatic nitrogens is 4. The lowest BCUT2D eigenvalue weighted by Crippen LogP contribution is -2.09. The van der Waals surface area contributed by atoms with E-state index in [1.54, 1.807) is 24.5 Å². The number of benzene rings is 2. The van der Waals surface area contributed by atoms with Gasteiger partial charge < -0.3 is 4.98 Å². The van der Waals surface area contributed by atoms with E-state index < -0.39 is 0 Å². The van der Waals surface area contributed by atoms with E-state index in [1.165, 1.54) is 0 Å². The molecule has 23 heavy (non-hydrogen) atoms. The minimum absolute atomic E-state index is 0.146. The topological polar surface area (TPSA) is 71.5 Å². The van der Waals surface area contributed by atoms with Crippen LogP contribution in [0.1, 0.15) is 0 Å². The van der Waals surface area contributed by atoms with Crippen LogP contribution in [0, 0.1) is 0 Å². The van der Waals surface area contributed by atoms with Crippen molar-refractivity contribution < 1.29 is 0 Å². The van der Waals surface area contributed by atoms with Gasteiger partial charge in [-0.2, -0.15) is 0 Å². The number of rotatable bonds is 2. The van der Waals surface area contributed by atoms with E-state index in [-0.39, 0.29) is 5.56 Å². The van der Waals surface area contributed by atoms with Crippen LogP contribution < -0.4 is 5.56 Å². The lowest BCUT2D eigenvalue weighted by atomic mass is 10.1. The molecule has 0 amide bonds. The standard InChI is InChI=1S/C18H12N4O/c23-18-14-7-1-2-8-15(14)21-17(22-18)13-6-3-5-12(11-13)16-19-9-4-10-20-16/h1-11H,(H,21,22,23). The maximum absolute atomic E-state index is 12.2. The van der Waals surface area contributed by atoms with Gasteiger partial charge in [0, 0.05) is 23.5 Å². The minimum Gasteiger partial charge on any atom is -0.306 e. The Bertz CT molecular complexity index is 1040. The fraction of sp³-hybridized carbons (Fsp3) is 0. The molecule has 0 fully saturated rings. The molecule has 4 aromatic rings. The Morgan fingerprint density at radius 1 is 0.826 bits per heavy atom. The summed E-state index contributed by atoms with van der Waals surface area (Å²) < 4.78 is 0. The monoisotopic (exact) mass is 300 g/mol. The van der Waals surface area contributed by atoms with Gasteiger partial charge in [0.1, 0.15) is 5.82 Å². The molecule has 2 heterocycles. The zero-order valence-electron chi connectivity index (χ0n) is 12.1. The molecule has 0 saturated carbocycles.